The quantitative estimate of drug-likeness (QED) is 0.618. The molecule has 0 aliphatic carbocycles. The molecule has 0 saturated carbocycles. The number of carbonyl (C=O) groups excluding carboxylic acids is 1. The molecule has 0 spiro atoms. The molecule has 0 saturated heterocycles. The monoisotopic (exact) mass is 386 g/mol. The number of likely N-dealkylation sites (N-methyl/N-ethyl adjacent to an activating group) is 1. The Morgan fingerprint density at radius 2 is 1.92 bits per heavy atom. The van der Waals surface area contributed by atoms with Gasteiger partial charge in [0.1, 0.15) is 11.6 Å². The van der Waals surface area contributed by atoms with Crippen LogP contribution in [-0.4, -0.2) is 39.7 Å². The first kappa shape index (κ1) is 18.5. The molecule has 2 aromatic carbocycles. The first-order chi connectivity index (χ1) is 12.5. The van der Waals surface area contributed by atoms with E-state index in [0.29, 0.717) is 10.2 Å². The number of amides is 1. The molecule has 0 unspecified atom stereocenters. The van der Waals surface area contributed by atoms with E-state index < -0.39 is 5.25 Å². The van der Waals surface area contributed by atoms with Gasteiger partial charge in [0.25, 0.3) is 0 Å². The van der Waals surface area contributed by atoms with Crippen LogP contribution < -0.4 is 0 Å². The Labute approximate surface area is 162 Å². The summed E-state index contributed by atoms with van der Waals surface area (Å²) in [6.45, 7) is 1.95. The zero-order valence-corrected chi connectivity index (χ0v) is 16.3. The molecule has 1 amide bonds. The number of hydrogen-bond donors (Lipinski definition) is 0. The van der Waals surface area contributed by atoms with E-state index in [0.717, 1.165) is 16.8 Å². The van der Waals surface area contributed by atoms with Crippen LogP contribution in [0.1, 0.15) is 16.4 Å². The largest absolute Gasteiger partial charge is 0.348 e. The topological polar surface area (TPSA) is 51.0 Å². The van der Waals surface area contributed by atoms with Crippen LogP contribution in [0.4, 0.5) is 0 Å². The molecule has 0 radical (unpaired) electrons. The van der Waals surface area contributed by atoms with Crippen LogP contribution in [0, 0.1) is 6.92 Å². The van der Waals surface area contributed by atoms with Crippen LogP contribution >= 0.6 is 23.4 Å². The summed E-state index contributed by atoms with van der Waals surface area (Å²) in [5.74, 6) is -0.00214. The highest BCUT2D eigenvalue weighted by molar-refractivity contribution is 8.00. The molecule has 7 heteroatoms. The Morgan fingerprint density at radius 1 is 1.19 bits per heavy atom. The van der Waals surface area contributed by atoms with Gasteiger partial charge >= 0.3 is 0 Å². The van der Waals surface area contributed by atoms with E-state index in [1.54, 1.807) is 25.3 Å². The Kier molecular flexibility index (Phi) is 5.64. The van der Waals surface area contributed by atoms with Crippen molar-refractivity contribution in [2.24, 2.45) is 0 Å². The molecule has 26 heavy (non-hydrogen) atoms. The lowest BCUT2D eigenvalue weighted by molar-refractivity contribution is -0.128. The Morgan fingerprint density at radius 3 is 2.58 bits per heavy atom. The normalized spacial score (nSPS) is 12.0. The summed E-state index contributed by atoms with van der Waals surface area (Å²) in [7, 11) is 3.51. The molecule has 0 aliphatic heterocycles. The Bertz CT molecular complexity index is 911. The summed E-state index contributed by atoms with van der Waals surface area (Å²) in [4.78, 5) is 14.3. The van der Waals surface area contributed by atoms with Gasteiger partial charge in [-0.3, -0.25) is 9.36 Å². The molecule has 0 aliphatic rings. The maximum atomic E-state index is 12.7. The first-order valence-electron chi connectivity index (χ1n) is 8.06. The molecule has 134 valence electrons. The van der Waals surface area contributed by atoms with Crippen molar-refractivity contribution in [1.29, 1.82) is 0 Å². The third kappa shape index (κ3) is 3.92. The van der Waals surface area contributed by atoms with Crippen molar-refractivity contribution >= 4 is 29.3 Å². The fourth-order valence-corrected chi connectivity index (χ4v) is 3.79. The van der Waals surface area contributed by atoms with Crippen molar-refractivity contribution < 1.29 is 4.79 Å². The predicted molar refractivity (Wildman–Crippen MR) is 105 cm³/mol. The van der Waals surface area contributed by atoms with E-state index in [-0.39, 0.29) is 5.91 Å². The van der Waals surface area contributed by atoms with E-state index in [1.807, 2.05) is 60.0 Å². The summed E-state index contributed by atoms with van der Waals surface area (Å²) in [6.07, 6.45) is 1.63. The lowest BCUT2D eigenvalue weighted by Crippen LogP contribution is -2.26. The van der Waals surface area contributed by atoms with Gasteiger partial charge in [-0.1, -0.05) is 59.8 Å². The fourth-order valence-electron chi connectivity index (χ4n) is 2.44. The molecule has 1 atom stereocenters. The number of rotatable bonds is 5. The number of halogens is 1. The lowest BCUT2D eigenvalue weighted by atomic mass is 10.1. The molecular formula is C19H19ClN4OS. The Hall–Kier alpha value is -2.31. The fraction of sp³-hybridized carbons (Fsp3) is 0.211. The van der Waals surface area contributed by atoms with E-state index >= 15 is 0 Å². The van der Waals surface area contributed by atoms with Crippen LogP contribution in [0.2, 0.25) is 5.02 Å². The molecule has 0 fully saturated rings. The highest BCUT2D eigenvalue weighted by Gasteiger charge is 2.26. The number of benzene rings is 2. The van der Waals surface area contributed by atoms with Crippen LogP contribution in [0.15, 0.2) is 60.0 Å². The van der Waals surface area contributed by atoms with E-state index in [1.165, 1.54) is 11.8 Å². The van der Waals surface area contributed by atoms with Gasteiger partial charge in [-0.2, -0.15) is 0 Å². The van der Waals surface area contributed by atoms with Crippen molar-refractivity contribution in [3.63, 3.8) is 0 Å². The standard InChI is InChI=1S/C19H19ClN4OS/c1-13-9-10-15(11-16(13)20)24-12-21-22-19(24)26-17(18(25)23(2)3)14-7-5-4-6-8-14/h4-12,17H,1-3H3/t17-/m1/s1. The molecule has 0 bridgehead atoms. The van der Waals surface area contributed by atoms with Crippen LogP contribution in [0.5, 0.6) is 0 Å². The molecule has 5 nitrogen and oxygen atoms in total. The van der Waals surface area contributed by atoms with Gasteiger partial charge in [-0.15, -0.1) is 10.2 Å². The van der Waals surface area contributed by atoms with Crippen molar-refractivity contribution in [2.45, 2.75) is 17.3 Å². The highest BCUT2D eigenvalue weighted by Crippen LogP contribution is 2.36. The second kappa shape index (κ2) is 7.93. The number of hydrogen-bond acceptors (Lipinski definition) is 4. The molecule has 0 N–H and O–H groups in total. The Balaban J connectivity index is 1.97. The first-order valence-corrected chi connectivity index (χ1v) is 9.32. The average molecular weight is 387 g/mol. The smallest absolute Gasteiger partial charge is 0.240 e. The number of nitrogens with zero attached hydrogens (tertiary/aromatic N) is 4. The van der Waals surface area contributed by atoms with Gasteiger partial charge in [-0.25, -0.2) is 0 Å². The van der Waals surface area contributed by atoms with Gasteiger partial charge in [0, 0.05) is 19.1 Å². The lowest BCUT2D eigenvalue weighted by Gasteiger charge is -2.20. The van der Waals surface area contributed by atoms with Gasteiger partial charge < -0.3 is 4.90 Å². The van der Waals surface area contributed by atoms with Crippen LogP contribution in [-0.2, 0) is 4.79 Å². The summed E-state index contributed by atoms with van der Waals surface area (Å²) < 4.78 is 1.84. The minimum Gasteiger partial charge on any atom is -0.348 e. The molecular weight excluding hydrogens is 368 g/mol. The molecule has 1 heterocycles. The van der Waals surface area contributed by atoms with Gasteiger partial charge in [-0.05, 0) is 30.2 Å². The van der Waals surface area contributed by atoms with Gasteiger partial charge in [0.05, 0.1) is 5.69 Å². The van der Waals surface area contributed by atoms with E-state index in [2.05, 4.69) is 10.2 Å². The minimum atomic E-state index is -0.407. The third-order valence-electron chi connectivity index (χ3n) is 3.94. The maximum Gasteiger partial charge on any atom is 0.240 e. The maximum absolute atomic E-state index is 12.7. The van der Waals surface area contributed by atoms with E-state index in [4.69, 9.17) is 11.6 Å². The average Bonchev–Trinajstić information content (AvgIpc) is 3.10. The SMILES string of the molecule is Cc1ccc(-n2cnnc2S[C@@H](C(=O)N(C)C)c2ccccc2)cc1Cl. The number of aromatic nitrogens is 3. The summed E-state index contributed by atoms with van der Waals surface area (Å²) in [5, 5.41) is 9.14. The summed E-state index contributed by atoms with van der Waals surface area (Å²) >= 11 is 7.63. The predicted octanol–water partition coefficient (Wildman–Crippen LogP) is 4.15. The summed E-state index contributed by atoms with van der Waals surface area (Å²) in [5.41, 5.74) is 2.78. The van der Waals surface area contributed by atoms with Crippen molar-refractivity contribution in [3.8, 4) is 5.69 Å². The van der Waals surface area contributed by atoms with Crippen molar-refractivity contribution in [2.75, 3.05) is 14.1 Å². The molecule has 1 aromatic heterocycles. The second-order valence-electron chi connectivity index (χ2n) is 6.06. The van der Waals surface area contributed by atoms with Gasteiger partial charge in [0.2, 0.25) is 5.91 Å². The number of carbonyl (C=O) groups is 1. The highest BCUT2D eigenvalue weighted by atomic mass is 35.5. The molecule has 3 aromatic rings. The number of thioether (sulfide) groups is 1. The zero-order chi connectivity index (χ0) is 18.7. The van der Waals surface area contributed by atoms with Crippen molar-refractivity contribution in [3.05, 3.63) is 71.0 Å². The molecule has 3 rings (SSSR count). The number of aryl methyl sites for hydroxylation is 1. The van der Waals surface area contributed by atoms with E-state index in [9.17, 15) is 4.79 Å². The second-order valence-corrected chi connectivity index (χ2v) is 7.54. The third-order valence-corrected chi connectivity index (χ3v) is 5.55. The van der Waals surface area contributed by atoms with Gasteiger partial charge in [0.15, 0.2) is 5.16 Å². The van der Waals surface area contributed by atoms with Crippen LogP contribution in [0.25, 0.3) is 5.69 Å². The van der Waals surface area contributed by atoms with Crippen molar-refractivity contribution in [1.82, 2.24) is 19.7 Å². The van der Waals surface area contributed by atoms with Crippen LogP contribution in [0.3, 0.4) is 0 Å². The minimum absolute atomic E-state index is 0.00214. The zero-order valence-electron chi connectivity index (χ0n) is 14.8. The summed E-state index contributed by atoms with van der Waals surface area (Å²) in [6, 6.07) is 15.5.